The van der Waals surface area contributed by atoms with Crippen molar-refractivity contribution < 1.29 is 19.4 Å². The average molecular weight is 285 g/mol. The van der Waals surface area contributed by atoms with Gasteiger partial charge in [-0.2, -0.15) is 0 Å². The van der Waals surface area contributed by atoms with Gasteiger partial charge in [0.15, 0.2) is 0 Å². The molecule has 5 nitrogen and oxygen atoms in total. The lowest BCUT2D eigenvalue weighted by Gasteiger charge is -2.33. The third kappa shape index (κ3) is 5.80. The van der Waals surface area contributed by atoms with E-state index in [2.05, 4.69) is 0 Å². The summed E-state index contributed by atoms with van der Waals surface area (Å²) in [7, 11) is 0. The van der Waals surface area contributed by atoms with E-state index in [9.17, 15) is 9.59 Å². The quantitative estimate of drug-likeness (QED) is 0.861. The van der Waals surface area contributed by atoms with Gasteiger partial charge >= 0.3 is 12.1 Å². The van der Waals surface area contributed by atoms with E-state index in [0.717, 1.165) is 19.3 Å². The topological polar surface area (TPSA) is 66.8 Å². The number of piperidine rings is 1. The van der Waals surface area contributed by atoms with Gasteiger partial charge in [-0.15, -0.1) is 0 Å². The van der Waals surface area contributed by atoms with E-state index >= 15 is 0 Å². The lowest BCUT2D eigenvalue weighted by Crippen LogP contribution is -2.41. The zero-order chi connectivity index (χ0) is 15.3. The number of carboxylic acid groups (broad SMARTS) is 1. The monoisotopic (exact) mass is 285 g/mol. The van der Waals surface area contributed by atoms with Crippen LogP contribution in [0.25, 0.3) is 0 Å². The van der Waals surface area contributed by atoms with Crippen LogP contribution in [0.5, 0.6) is 0 Å². The van der Waals surface area contributed by atoms with Crippen molar-refractivity contribution in [3.05, 3.63) is 0 Å². The fourth-order valence-electron chi connectivity index (χ4n) is 2.34. The highest BCUT2D eigenvalue weighted by Gasteiger charge is 2.27. The van der Waals surface area contributed by atoms with Gasteiger partial charge < -0.3 is 14.7 Å². The summed E-state index contributed by atoms with van der Waals surface area (Å²) < 4.78 is 5.35. The fourth-order valence-corrected chi connectivity index (χ4v) is 2.34. The Morgan fingerprint density at radius 1 is 1.30 bits per heavy atom. The first-order chi connectivity index (χ1) is 9.19. The highest BCUT2D eigenvalue weighted by molar-refractivity contribution is 5.69. The number of carbonyl (C=O) groups is 2. The van der Waals surface area contributed by atoms with Crippen molar-refractivity contribution >= 4 is 12.1 Å². The Morgan fingerprint density at radius 2 is 1.85 bits per heavy atom. The predicted octanol–water partition coefficient (Wildman–Crippen LogP) is 3.13. The molecule has 20 heavy (non-hydrogen) atoms. The minimum Gasteiger partial charge on any atom is -0.481 e. The van der Waals surface area contributed by atoms with Gasteiger partial charge in [-0.05, 0) is 52.4 Å². The lowest BCUT2D eigenvalue weighted by atomic mass is 9.89. The summed E-state index contributed by atoms with van der Waals surface area (Å²) in [4.78, 5) is 24.4. The summed E-state index contributed by atoms with van der Waals surface area (Å²) in [6.07, 6.45) is 3.27. The second-order valence-corrected chi connectivity index (χ2v) is 6.73. The van der Waals surface area contributed by atoms with Gasteiger partial charge in [0.05, 0.1) is 5.92 Å². The number of hydrogen-bond acceptors (Lipinski definition) is 3. The number of nitrogens with zero attached hydrogens (tertiary/aromatic N) is 1. The molecule has 1 unspecified atom stereocenters. The van der Waals surface area contributed by atoms with E-state index in [1.165, 1.54) is 0 Å². The van der Waals surface area contributed by atoms with Gasteiger partial charge in [0.1, 0.15) is 5.60 Å². The van der Waals surface area contributed by atoms with Crippen LogP contribution in [0.4, 0.5) is 4.79 Å². The molecule has 0 radical (unpaired) electrons. The van der Waals surface area contributed by atoms with Crippen LogP contribution in [-0.2, 0) is 9.53 Å². The van der Waals surface area contributed by atoms with Crippen LogP contribution < -0.4 is 0 Å². The van der Waals surface area contributed by atoms with E-state index in [4.69, 9.17) is 9.84 Å². The number of rotatable bonds is 4. The molecular formula is C15H27NO4. The molecule has 0 bridgehead atoms. The van der Waals surface area contributed by atoms with Crippen molar-refractivity contribution in [1.29, 1.82) is 0 Å². The van der Waals surface area contributed by atoms with E-state index in [-0.39, 0.29) is 12.0 Å². The van der Waals surface area contributed by atoms with Gasteiger partial charge in [-0.25, -0.2) is 4.79 Å². The van der Waals surface area contributed by atoms with Gasteiger partial charge in [-0.3, -0.25) is 4.79 Å². The molecule has 0 saturated carbocycles. The first-order valence-electron chi connectivity index (χ1n) is 7.40. The molecule has 1 amide bonds. The second-order valence-electron chi connectivity index (χ2n) is 6.73. The van der Waals surface area contributed by atoms with Crippen molar-refractivity contribution in [2.75, 3.05) is 13.1 Å². The maximum Gasteiger partial charge on any atom is 0.410 e. The summed E-state index contributed by atoms with van der Waals surface area (Å²) in [5, 5.41) is 8.87. The molecule has 0 aromatic heterocycles. The minimum absolute atomic E-state index is 0.241. The number of carboxylic acids is 1. The number of aliphatic carboxylic acids is 1. The van der Waals surface area contributed by atoms with E-state index in [1.807, 2.05) is 20.8 Å². The fraction of sp³-hybridized carbons (Fsp3) is 0.867. The van der Waals surface area contributed by atoms with E-state index < -0.39 is 11.6 Å². The standard InChI is InChI=1S/C15H27NO4/c1-11(13(17)18)5-6-12-7-9-16(10-8-12)14(19)20-15(2,3)4/h11-12H,5-10H2,1-4H3,(H,17,18). The summed E-state index contributed by atoms with van der Waals surface area (Å²) in [6.45, 7) is 8.76. The van der Waals surface area contributed by atoms with Crippen molar-refractivity contribution in [2.45, 2.75) is 59.0 Å². The normalized spacial score (nSPS) is 18.7. The molecule has 1 aliphatic rings. The molecule has 116 valence electrons. The SMILES string of the molecule is CC(CCC1CCN(C(=O)OC(C)(C)C)CC1)C(=O)O. The molecule has 1 atom stereocenters. The Morgan fingerprint density at radius 3 is 2.30 bits per heavy atom. The number of ether oxygens (including phenoxy) is 1. The second kappa shape index (κ2) is 6.95. The van der Waals surface area contributed by atoms with Crippen LogP contribution in [-0.4, -0.2) is 40.8 Å². The van der Waals surface area contributed by atoms with Gasteiger partial charge in [0, 0.05) is 13.1 Å². The summed E-state index contributed by atoms with van der Waals surface area (Å²) >= 11 is 0. The first-order valence-corrected chi connectivity index (χ1v) is 7.40. The Kier molecular flexibility index (Phi) is 5.84. The number of hydrogen-bond donors (Lipinski definition) is 1. The zero-order valence-corrected chi connectivity index (χ0v) is 13.0. The third-order valence-corrected chi connectivity index (χ3v) is 3.70. The summed E-state index contributed by atoms with van der Waals surface area (Å²) in [5.74, 6) is -0.481. The molecule has 1 heterocycles. The van der Waals surface area contributed by atoms with Crippen LogP contribution in [0.2, 0.25) is 0 Å². The third-order valence-electron chi connectivity index (χ3n) is 3.70. The summed E-state index contributed by atoms with van der Waals surface area (Å²) in [6, 6.07) is 0. The largest absolute Gasteiger partial charge is 0.481 e. The molecule has 0 spiro atoms. The van der Waals surface area contributed by atoms with Gasteiger partial charge in [-0.1, -0.05) is 6.92 Å². The van der Waals surface area contributed by atoms with Crippen LogP contribution in [0.3, 0.4) is 0 Å². The maximum atomic E-state index is 11.9. The van der Waals surface area contributed by atoms with Crippen molar-refractivity contribution in [1.82, 2.24) is 4.90 Å². The van der Waals surface area contributed by atoms with E-state index in [1.54, 1.807) is 11.8 Å². The highest BCUT2D eigenvalue weighted by atomic mass is 16.6. The van der Waals surface area contributed by atoms with Crippen LogP contribution >= 0.6 is 0 Å². The van der Waals surface area contributed by atoms with Crippen molar-refractivity contribution in [3.8, 4) is 0 Å². The first kappa shape index (κ1) is 16.8. The molecule has 0 aliphatic carbocycles. The molecule has 1 saturated heterocycles. The van der Waals surface area contributed by atoms with E-state index in [0.29, 0.717) is 25.4 Å². The smallest absolute Gasteiger partial charge is 0.410 e. The Bertz CT molecular complexity index is 340. The highest BCUT2D eigenvalue weighted by Crippen LogP contribution is 2.25. The Labute approximate surface area is 121 Å². The minimum atomic E-state index is -0.726. The van der Waals surface area contributed by atoms with Crippen LogP contribution in [0.15, 0.2) is 0 Å². The molecule has 1 rings (SSSR count). The predicted molar refractivity (Wildman–Crippen MR) is 76.6 cm³/mol. The van der Waals surface area contributed by atoms with Gasteiger partial charge in [0.2, 0.25) is 0 Å². The number of carbonyl (C=O) groups excluding carboxylic acids is 1. The van der Waals surface area contributed by atoms with Gasteiger partial charge in [0.25, 0.3) is 0 Å². The molecule has 5 heteroatoms. The zero-order valence-electron chi connectivity index (χ0n) is 13.0. The molecule has 0 aromatic rings. The van der Waals surface area contributed by atoms with Crippen molar-refractivity contribution in [2.24, 2.45) is 11.8 Å². The van der Waals surface area contributed by atoms with Crippen molar-refractivity contribution in [3.63, 3.8) is 0 Å². The maximum absolute atomic E-state index is 11.9. The molecule has 1 fully saturated rings. The average Bonchev–Trinajstić information content (AvgIpc) is 2.34. The molecular weight excluding hydrogens is 258 g/mol. The molecule has 1 aliphatic heterocycles. The van der Waals surface area contributed by atoms with Crippen LogP contribution in [0.1, 0.15) is 53.4 Å². The summed E-state index contributed by atoms with van der Waals surface area (Å²) in [5.41, 5.74) is -0.454. The number of likely N-dealkylation sites (tertiary alicyclic amines) is 1. The molecule has 0 aromatic carbocycles. The number of amides is 1. The Hall–Kier alpha value is -1.26. The van der Waals surface area contributed by atoms with Crippen LogP contribution in [0, 0.1) is 11.8 Å². The molecule has 1 N–H and O–H groups in total. The lowest BCUT2D eigenvalue weighted by molar-refractivity contribution is -0.141. The Balaban J connectivity index is 2.29.